The van der Waals surface area contributed by atoms with Gasteiger partial charge in [0.15, 0.2) is 0 Å². The van der Waals surface area contributed by atoms with Crippen LogP contribution in [0.5, 0.6) is 0 Å². The Hall–Kier alpha value is -1.31. The molecule has 2 aromatic rings. The first-order valence-corrected chi connectivity index (χ1v) is 6.30. The molecule has 0 spiro atoms. The van der Waals surface area contributed by atoms with E-state index in [4.69, 9.17) is 11.0 Å². The Bertz CT molecular complexity index is 581. The van der Waals surface area contributed by atoms with Crippen molar-refractivity contribution in [1.29, 1.82) is 5.26 Å². The van der Waals surface area contributed by atoms with E-state index in [2.05, 4.69) is 22.0 Å². The summed E-state index contributed by atoms with van der Waals surface area (Å²) in [5, 5.41) is 8.94. The van der Waals surface area contributed by atoms with E-state index in [1.165, 1.54) is 11.3 Å². The maximum absolute atomic E-state index is 8.94. The molecule has 0 unspecified atom stereocenters. The molecule has 0 amide bonds. The molecule has 2 rings (SSSR count). The summed E-state index contributed by atoms with van der Waals surface area (Å²) in [6.45, 7) is 1.95. The van der Waals surface area contributed by atoms with E-state index in [1.807, 2.05) is 31.2 Å². The molecular formula is C12H9BrN2S. The zero-order valence-corrected chi connectivity index (χ0v) is 11.0. The second-order valence-electron chi connectivity index (χ2n) is 3.39. The first-order valence-electron chi connectivity index (χ1n) is 4.69. The SMILES string of the molecule is Cc1c(-c2ccccc2Br)sc(C#N)c1N. The van der Waals surface area contributed by atoms with Crippen molar-refractivity contribution in [1.82, 2.24) is 0 Å². The molecule has 0 atom stereocenters. The fraction of sp³-hybridized carbons (Fsp3) is 0.0833. The number of nitrogen functional groups attached to an aromatic ring is 1. The van der Waals surface area contributed by atoms with Crippen LogP contribution in [0.1, 0.15) is 10.4 Å². The van der Waals surface area contributed by atoms with E-state index in [1.54, 1.807) is 0 Å². The lowest BCUT2D eigenvalue weighted by atomic mass is 10.1. The fourth-order valence-electron chi connectivity index (χ4n) is 1.51. The summed E-state index contributed by atoms with van der Waals surface area (Å²) in [6, 6.07) is 10.1. The Morgan fingerprint density at radius 1 is 1.38 bits per heavy atom. The van der Waals surface area contributed by atoms with Crippen molar-refractivity contribution in [3.05, 3.63) is 39.2 Å². The minimum atomic E-state index is 0.586. The number of hydrogen-bond donors (Lipinski definition) is 1. The standard InChI is InChI=1S/C12H9BrN2S/c1-7-11(15)10(6-14)16-12(7)8-4-2-3-5-9(8)13/h2-5H,15H2,1H3. The van der Waals surface area contributed by atoms with Gasteiger partial charge in [-0.1, -0.05) is 34.1 Å². The quantitative estimate of drug-likeness (QED) is 0.865. The minimum Gasteiger partial charge on any atom is -0.397 e. The van der Waals surface area contributed by atoms with Crippen LogP contribution in [0.2, 0.25) is 0 Å². The van der Waals surface area contributed by atoms with Gasteiger partial charge in [-0.15, -0.1) is 11.3 Å². The zero-order valence-electron chi connectivity index (χ0n) is 8.62. The van der Waals surface area contributed by atoms with Gasteiger partial charge in [0.25, 0.3) is 0 Å². The van der Waals surface area contributed by atoms with Gasteiger partial charge < -0.3 is 5.73 Å². The average Bonchev–Trinajstić information content (AvgIpc) is 2.57. The second kappa shape index (κ2) is 4.28. The van der Waals surface area contributed by atoms with Crippen LogP contribution >= 0.6 is 27.3 Å². The van der Waals surface area contributed by atoms with Crippen LogP contribution in [0.25, 0.3) is 10.4 Å². The molecule has 0 saturated heterocycles. The summed E-state index contributed by atoms with van der Waals surface area (Å²) in [7, 11) is 0. The Morgan fingerprint density at radius 3 is 2.62 bits per heavy atom. The fourth-order valence-corrected chi connectivity index (χ4v) is 3.19. The normalized spacial score (nSPS) is 10.1. The highest BCUT2D eigenvalue weighted by molar-refractivity contribution is 9.10. The number of halogens is 1. The van der Waals surface area contributed by atoms with Gasteiger partial charge in [0.1, 0.15) is 10.9 Å². The topological polar surface area (TPSA) is 49.8 Å². The highest BCUT2D eigenvalue weighted by Crippen LogP contribution is 2.40. The van der Waals surface area contributed by atoms with Gasteiger partial charge in [0.2, 0.25) is 0 Å². The number of rotatable bonds is 1. The van der Waals surface area contributed by atoms with E-state index < -0.39 is 0 Å². The number of benzene rings is 1. The molecule has 16 heavy (non-hydrogen) atoms. The van der Waals surface area contributed by atoms with Crippen LogP contribution in [0.15, 0.2) is 28.7 Å². The molecular weight excluding hydrogens is 284 g/mol. The minimum absolute atomic E-state index is 0.586. The van der Waals surface area contributed by atoms with Crippen molar-refractivity contribution in [2.75, 3.05) is 5.73 Å². The Labute approximate surface area is 106 Å². The molecule has 0 aliphatic heterocycles. The van der Waals surface area contributed by atoms with E-state index in [9.17, 15) is 0 Å². The molecule has 80 valence electrons. The third-order valence-electron chi connectivity index (χ3n) is 2.41. The third-order valence-corrected chi connectivity index (χ3v) is 4.35. The number of anilines is 1. The van der Waals surface area contributed by atoms with Gasteiger partial charge >= 0.3 is 0 Å². The smallest absolute Gasteiger partial charge is 0.128 e. The Balaban J connectivity index is 2.67. The first-order chi connectivity index (χ1) is 7.65. The van der Waals surface area contributed by atoms with E-state index in [0.29, 0.717) is 10.6 Å². The average molecular weight is 293 g/mol. The van der Waals surface area contributed by atoms with Gasteiger partial charge in [0.05, 0.1) is 5.69 Å². The van der Waals surface area contributed by atoms with Crippen LogP contribution in [-0.4, -0.2) is 0 Å². The highest BCUT2D eigenvalue weighted by Gasteiger charge is 2.14. The van der Waals surface area contributed by atoms with Gasteiger partial charge in [-0.3, -0.25) is 0 Å². The number of hydrogen-bond acceptors (Lipinski definition) is 3. The van der Waals surface area contributed by atoms with Crippen LogP contribution in [0, 0.1) is 18.3 Å². The zero-order chi connectivity index (χ0) is 11.7. The lowest BCUT2D eigenvalue weighted by Gasteiger charge is -2.02. The van der Waals surface area contributed by atoms with Crippen LogP contribution < -0.4 is 5.73 Å². The summed E-state index contributed by atoms with van der Waals surface area (Å²) >= 11 is 4.94. The van der Waals surface area contributed by atoms with E-state index in [0.717, 1.165) is 20.5 Å². The molecule has 0 fully saturated rings. The van der Waals surface area contributed by atoms with E-state index in [-0.39, 0.29) is 0 Å². The molecule has 0 saturated carbocycles. The third kappa shape index (κ3) is 1.73. The Kier molecular flexibility index (Phi) is 2.99. The van der Waals surface area contributed by atoms with Crippen molar-refractivity contribution in [3.63, 3.8) is 0 Å². The van der Waals surface area contributed by atoms with Crippen LogP contribution in [0.3, 0.4) is 0 Å². The van der Waals surface area contributed by atoms with Gasteiger partial charge in [-0.25, -0.2) is 0 Å². The van der Waals surface area contributed by atoms with Gasteiger partial charge in [0, 0.05) is 14.9 Å². The predicted molar refractivity (Wildman–Crippen MR) is 71.3 cm³/mol. The van der Waals surface area contributed by atoms with Crippen molar-refractivity contribution in [2.45, 2.75) is 6.92 Å². The molecule has 0 aliphatic carbocycles. The first kappa shape index (κ1) is 11.2. The monoisotopic (exact) mass is 292 g/mol. The molecule has 0 radical (unpaired) electrons. The lowest BCUT2D eigenvalue weighted by molar-refractivity contribution is 1.49. The summed E-state index contributed by atoms with van der Waals surface area (Å²) < 4.78 is 1.02. The molecule has 0 bridgehead atoms. The summed E-state index contributed by atoms with van der Waals surface area (Å²) in [5.74, 6) is 0. The van der Waals surface area contributed by atoms with Crippen molar-refractivity contribution >= 4 is 33.0 Å². The predicted octanol–water partition coefficient (Wildman–Crippen LogP) is 3.94. The summed E-state index contributed by atoms with van der Waals surface area (Å²) in [6.07, 6.45) is 0. The maximum Gasteiger partial charge on any atom is 0.128 e. The number of thiophene rings is 1. The van der Waals surface area contributed by atoms with E-state index >= 15 is 0 Å². The second-order valence-corrected chi connectivity index (χ2v) is 5.27. The van der Waals surface area contributed by atoms with Crippen molar-refractivity contribution < 1.29 is 0 Å². The maximum atomic E-state index is 8.94. The number of nitriles is 1. The van der Waals surface area contributed by atoms with Crippen LogP contribution in [0.4, 0.5) is 5.69 Å². The number of nitrogens with zero attached hydrogens (tertiary/aromatic N) is 1. The molecule has 2 N–H and O–H groups in total. The molecule has 4 heteroatoms. The molecule has 1 aromatic heterocycles. The number of nitrogens with two attached hydrogens (primary N) is 1. The highest BCUT2D eigenvalue weighted by atomic mass is 79.9. The molecule has 1 aromatic carbocycles. The van der Waals surface area contributed by atoms with Crippen molar-refractivity contribution in [2.24, 2.45) is 0 Å². The molecule has 0 aliphatic rings. The molecule has 1 heterocycles. The Morgan fingerprint density at radius 2 is 2.06 bits per heavy atom. The summed E-state index contributed by atoms with van der Waals surface area (Å²) in [5.41, 5.74) is 8.53. The molecule has 2 nitrogen and oxygen atoms in total. The van der Waals surface area contributed by atoms with Gasteiger partial charge in [-0.05, 0) is 18.6 Å². The van der Waals surface area contributed by atoms with Crippen LogP contribution in [-0.2, 0) is 0 Å². The summed E-state index contributed by atoms with van der Waals surface area (Å²) in [4.78, 5) is 1.64. The largest absolute Gasteiger partial charge is 0.397 e. The van der Waals surface area contributed by atoms with Gasteiger partial charge in [-0.2, -0.15) is 5.26 Å². The lowest BCUT2D eigenvalue weighted by Crippen LogP contribution is -1.87. The van der Waals surface area contributed by atoms with Crippen molar-refractivity contribution in [3.8, 4) is 16.5 Å².